The summed E-state index contributed by atoms with van der Waals surface area (Å²) in [4.78, 5) is 12.4. The molecule has 0 radical (unpaired) electrons. The molecule has 0 aliphatic rings. The van der Waals surface area contributed by atoms with E-state index in [2.05, 4.69) is 16.5 Å². The first-order valence-corrected chi connectivity index (χ1v) is 8.10. The van der Waals surface area contributed by atoms with Crippen molar-refractivity contribution in [1.82, 2.24) is 9.78 Å². The number of anilines is 1. The van der Waals surface area contributed by atoms with Gasteiger partial charge in [-0.1, -0.05) is 18.2 Å². The summed E-state index contributed by atoms with van der Waals surface area (Å²) in [6.07, 6.45) is 0. The summed E-state index contributed by atoms with van der Waals surface area (Å²) in [5.74, 6) is 0.559. The van der Waals surface area contributed by atoms with E-state index >= 15 is 0 Å². The Morgan fingerprint density at radius 1 is 1.12 bits per heavy atom. The second kappa shape index (κ2) is 7.21. The number of nitrogens with one attached hydrogen (secondary N) is 1. The van der Waals surface area contributed by atoms with Gasteiger partial charge in [0.25, 0.3) is 5.91 Å². The number of aromatic nitrogens is 2. The number of ether oxygens (including phenoxy) is 1. The van der Waals surface area contributed by atoms with Gasteiger partial charge < -0.3 is 10.1 Å². The molecule has 0 saturated carbocycles. The molecular formula is C20H21N3O2. The average Bonchev–Trinajstić information content (AvgIpc) is 2.93. The fraction of sp³-hybridized carbons (Fsp3) is 0.200. The molecular weight excluding hydrogens is 314 g/mol. The molecule has 5 nitrogen and oxygen atoms in total. The van der Waals surface area contributed by atoms with Crippen LogP contribution in [0.1, 0.15) is 27.3 Å². The number of aryl methyl sites for hydroxylation is 2. The standard InChI is InChI=1S/C20H21N3O2/c1-14-11-15(2)23(22-14)13-16-7-9-17(10-8-16)20(24)21-18-5-4-6-19(12-18)25-3/h4-12H,13H2,1-3H3,(H,21,24). The zero-order chi connectivity index (χ0) is 17.8. The molecule has 3 aromatic rings. The van der Waals surface area contributed by atoms with Gasteiger partial charge in [-0.3, -0.25) is 9.48 Å². The van der Waals surface area contributed by atoms with Crippen molar-refractivity contribution >= 4 is 11.6 Å². The number of amides is 1. The largest absolute Gasteiger partial charge is 0.497 e. The molecule has 2 aromatic carbocycles. The Kier molecular flexibility index (Phi) is 4.84. The van der Waals surface area contributed by atoms with Gasteiger partial charge in [-0.2, -0.15) is 5.10 Å². The Morgan fingerprint density at radius 3 is 2.52 bits per heavy atom. The zero-order valence-electron chi connectivity index (χ0n) is 14.6. The molecule has 0 aliphatic heterocycles. The number of nitrogens with zero attached hydrogens (tertiary/aromatic N) is 2. The Hall–Kier alpha value is -3.08. The summed E-state index contributed by atoms with van der Waals surface area (Å²) in [5, 5.41) is 7.34. The van der Waals surface area contributed by atoms with Gasteiger partial charge in [0, 0.05) is 23.0 Å². The van der Waals surface area contributed by atoms with Crippen LogP contribution in [0.2, 0.25) is 0 Å². The van der Waals surface area contributed by atoms with Gasteiger partial charge in [0.1, 0.15) is 5.75 Å². The van der Waals surface area contributed by atoms with Crippen LogP contribution in [0.4, 0.5) is 5.69 Å². The number of benzene rings is 2. The quantitative estimate of drug-likeness (QED) is 0.771. The molecule has 25 heavy (non-hydrogen) atoms. The van der Waals surface area contributed by atoms with Crippen LogP contribution in [0, 0.1) is 13.8 Å². The van der Waals surface area contributed by atoms with Crippen LogP contribution >= 0.6 is 0 Å². The van der Waals surface area contributed by atoms with Crippen molar-refractivity contribution in [2.75, 3.05) is 12.4 Å². The summed E-state index contributed by atoms with van der Waals surface area (Å²) < 4.78 is 7.13. The zero-order valence-corrected chi connectivity index (χ0v) is 14.6. The van der Waals surface area contributed by atoms with E-state index in [0.717, 1.165) is 17.0 Å². The van der Waals surface area contributed by atoms with E-state index in [1.807, 2.05) is 61.0 Å². The van der Waals surface area contributed by atoms with Crippen LogP contribution in [-0.2, 0) is 6.54 Å². The number of carbonyl (C=O) groups excluding carboxylic acids is 1. The van der Waals surface area contributed by atoms with Crippen LogP contribution in [0.5, 0.6) is 5.75 Å². The predicted molar refractivity (Wildman–Crippen MR) is 98.2 cm³/mol. The highest BCUT2D eigenvalue weighted by Gasteiger charge is 2.08. The van der Waals surface area contributed by atoms with E-state index in [9.17, 15) is 4.79 Å². The van der Waals surface area contributed by atoms with Crippen molar-refractivity contribution < 1.29 is 9.53 Å². The van der Waals surface area contributed by atoms with Crippen molar-refractivity contribution in [3.8, 4) is 5.75 Å². The van der Waals surface area contributed by atoms with E-state index in [1.54, 1.807) is 13.2 Å². The normalized spacial score (nSPS) is 10.5. The molecule has 3 rings (SSSR count). The molecule has 0 fully saturated rings. The van der Waals surface area contributed by atoms with Gasteiger partial charge in [-0.15, -0.1) is 0 Å². The molecule has 128 valence electrons. The summed E-state index contributed by atoms with van der Waals surface area (Å²) in [7, 11) is 1.60. The fourth-order valence-corrected chi connectivity index (χ4v) is 2.67. The third-order valence-electron chi connectivity index (χ3n) is 3.98. The Bertz CT molecular complexity index is 882. The van der Waals surface area contributed by atoms with Gasteiger partial charge in [0.05, 0.1) is 19.3 Å². The molecule has 1 amide bonds. The first-order valence-electron chi connectivity index (χ1n) is 8.10. The predicted octanol–water partition coefficient (Wildman–Crippen LogP) is 3.81. The number of methoxy groups -OCH3 is 1. The third kappa shape index (κ3) is 4.07. The van der Waals surface area contributed by atoms with Crippen molar-refractivity contribution in [2.45, 2.75) is 20.4 Å². The van der Waals surface area contributed by atoms with E-state index in [-0.39, 0.29) is 5.91 Å². The SMILES string of the molecule is COc1cccc(NC(=O)c2ccc(Cn3nc(C)cc3C)cc2)c1. The first-order chi connectivity index (χ1) is 12.0. The molecule has 0 atom stereocenters. The number of hydrogen-bond acceptors (Lipinski definition) is 3. The third-order valence-corrected chi connectivity index (χ3v) is 3.98. The molecule has 0 aliphatic carbocycles. The number of hydrogen-bond donors (Lipinski definition) is 1. The van der Waals surface area contributed by atoms with Crippen LogP contribution in [0.3, 0.4) is 0 Å². The minimum atomic E-state index is -0.147. The van der Waals surface area contributed by atoms with Gasteiger partial charge in [0.15, 0.2) is 0 Å². The lowest BCUT2D eigenvalue weighted by Crippen LogP contribution is -2.12. The van der Waals surface area contributed by atoms with E-state index in [0.29, 0.717) is 23.5 Å². The molecule has 0 saturated heterocycles. The van der Waals surface area contributed by atoms with Crippen molar-refractivity contribution in [3.05, 3.63) is 77.1 Å². The minimum absolute atomic E-state index is 0.147. The van der Waals surface area contributed by atoms with Crippen LogP contribution < -0.4 is 10.1 Å². The molecule has 5 heteroatoms. The number of carbonyl (C=O) groups is 1. The lowest BCUT2D eigenvalue weighted by Gasteiger charge is -2.08. The number of rotatable bonds is 5. The molecule has 1 N–H and O–H groups in total. The summed E-state index contributed by atoms with van der Waals surface area (Å²) in [6.45, 7) is 4.71. The monoisotopic (exact) mass is 335 g/mol. The molecule has 1 aromatic heterocycles. The first kappa shape index (κ1) is 16.8. The van der Waals surface area contributed by atoms with Gasteiger partial charge in [-0.05, 0) is 49.7 Å². The highest BCUT2D eigenvalue weighted by Crippen LogP contribution is 2.18. The van der Waals surface area contributed by atoms with E-state index in [4.69, 9.17) is 4.74 Å². The van der Waals surface area contributed by atoms with Crippen LogP contribution in [0.15, 0.2) is 54.6 Å². The second-order valence-corrected chi connectivity index (χ2v) is 5.97. The lowest BCUT2D eigenvalue weighted by atomic mass is 10.1. The Labute approximate surface area is 147 Å². The Morgan fingerprint density at radius 2 is 1.88 bits per heavy atom. The van der Waals surface area contributed by atoms with E-state index in [1.165, 1.54) is 0 Å². The van der Waals surface area contributed by atoms with Crippen molar-refractivity contribution in [2.24, 2.45) is 0 Å². The maximum Gasteiger partial charge on any atom is 0.255 e. The van der Waals surface area contributed by atoms with Crippen LogP contribution in [-0.4, -0.2) is 22.8 Å². The Balaban J connectivity index is 1.68. The van der Waals surface area contributed by atoms with Gasteiger partial charge >= 0.3 is 0 Å². The van der Waals surface area contributed by atoms with E-state index < -0.39 is 0 Å². The van der Waals surface area contributed by atoms with Crippen molar-refractivity contribution in [3.63, 3.8) is 0 Å². The smallest absolute Gasteiger partial charge is 0.255 e. The maximum atomic E-state index is 12.4. The molecule has 0 bridgehead atoms. The average molecular weight is 335 g/mol. The summed E-state index contributed by atoms with van der Waals surface area (Å²) >= 11 is 0. The lowest BCUT2D eigenvalue weighted by molar-refractivity contribution is 0.102. The fourth-order valence-electron chi connectivity index (χ4n) is 2.67. The molecule has 1 heterocycles. The van der Waals surface area contributed by atoms with Crippen LogP contribution in [0.25, 0.3) is 0 Å². The minimum Gasteiger partial charge on any atom is -0.497 e. The topological polar surface area (TPSA) is 56.1 Å². The van der Waals surface area contributed by atoms with Gasteiger partial charge in [0.2, 0.25) is 0 Å². The summed E-state index contributed by atoms with van der Waals surface area (Å²) in [5.41, 5.74) is 4.55. The maximum absolute atomic E-state index is 12.4. The highest BCUT2D eigenvalue weighted by molar-refractivity contribution is 6.04. The van der Waals surface area contributed by atoms with Gasteiger partial charge in [-0.25, -0.2) is 0 Å². The highest BCUT2D eigenvalue weighted by atomic mass is 16.5. The molecule has 0 spiro atoms. The molecule has 0 unspecified atom stereocenters. The van der Waals surface area contributed by atoms with Crippen molar-refractivity contribution in [1.29, 1.82) is 0 Å². The summed E-state index contributed by atoms with van der Waals surface area (Å²) in [6, 6.07) is 16.9. The second-order valence-electron chi connectivity index (χ2n) is 5.97.